The molecule has 31 heavy (non-hydrogen) atoms. The van der Waals surface area contributed by atoms with Gasteiger partial charge in [0, 0.05) is 37.5 Å². The average Bonchev–Trinajstić information content (AvgIpc) is 3.36. The average molecular weight is 433 g/mol. The number of fused-ring (bicyclic) bond motifs is 5. The van der Waals surface area contributed by atoms with Crippen LogP contribution in [0.25, 0.3) is 0 Å². The van der Waals surface area contributed by atoms with Crippen molar-refractivity contribution in [3.8, 4) is 5.75 Å². The number of likely N-dealkylation sites (N-methyl/N-ethyl adjacent to an activating group) is 1. The minimum Gasteiger partial charge on any atom is -0.503 e. The highest BCUT2D eigenvalue weighted by molar-refractivity contribution is 5.99. The van der Waals surface area contributed by atoms with Gasteiger partial charge in [-0.3, -0.25) is 14.4 Å². The molecule has 0 spiro atoms. The minimum atomic E-state index is -1.18. The van der Waals surface area contributed by atoms with Gasteiger partial charge in [0.25, 0.3) is 11.8 Å². The van der Waals surface area contributed by atoms with Gasteiger partial charge in [0.1, 0.15) is 23.0 Å². The van der Waals surface area contributed by atoms with Crippen LogP contribution >= 0.6 is 0 Å². The SMILES string of the molecule is CN1C(=O)c2c(O)c(=O)c(C(=O)NCc3c(F)cc(F)cc3F)cn2[C@H]2C[C@@H]3CC3[C@H]21. The van der Waals surface area contributed by atoms with Gasteiger partial charge in [-0.05, 0) is 24.7 Å². The molecule has 1 aromatic carbocycles. The number of hydrogen-bond acceptors (Lipinski definition) is 4. The molecule has 1 aromatic heterocycles. The lowest BCUT2D eigenvalue weighted by Gasteiger charge is -2.39. The van der Waals surface area contributed by atoms with Crippen molar-refractivity contribution in [3.05, 3.63) is 62.8 Å². The van der Waals surface area contributed by atoms with Crippen molar-refractivity contribution in [3.63, 3.8) is 0 Å². The molecule has 2 amide bonds. The maximum Gasteiger partial charge on any atom is 0.274 e. The Hall–Kier alpha value is -3.30. The Balaban J connectivity index is 1.49. The zero-order valence-corrected chi connectivity index (χ0v) is 16.4. The predicted molar refractivity (Wildman–Crippen MR) is 101 cm³/mol. The van der Waals surface area contributed by atoms with Crippen LogP contribution in [0.3, 0.4) is 0 Å². The van der Waals surface area contributed by atoms with Gasteiger partial charge in [-0.1, -0.05) is 0 Å². The van der Waals surface area contributed by atoms with Crippen LogP contribution in [0.1, 0.15) is 45.3 Å². The summed E-state index contributed by atoms with van der Waals surface area (Å²) in [6, 6.07) is 0.715. The van der Waals surface area contributed by atoms with Gasteiger partial charge in [0.2, 0.25) is 5.43 Å². The molecule has 4 atom stereocenters. The summed E-state index contributed by atoms with van der Waals surface area (Å²) in [5.41, 5.74) is -2.22. The van der Waals surface area contributed by atoms with Crippen LogP contribution in [-0.2, 0) is 6.54 Å². The number of aromatic hydroxyl groups is 1. The summed E-state index contributed by atoms with van der Waals surface area (Å²) in [6.45, 7) is -0.628. The molecular weight excluding hydrogens is 415 g/mol. The molecule has 10 heteroatoms. The highest BCUT2D eigenvalue weighted by Gasteiger charge is 2.58. The third-order valence-corrected chi connectivity index (χ3v) is 6.67. The fourth-order valence-corrected chi connectivity index (χ4v) is 5.08. The molecule has 2 N–H and O–H groups in total. The van der Waals surface area contributed by atoms with E-state index in [1.54, 1.807) is 11.9 Å². The van der Waals surface area contributed by atoms with Crippen LogP contribution in [0, 0.1) is 29.3 Å². The smallest absolute Gasteiger partial charge is 0.274 e. The van der Waals surface area contributed by atoms with Crippen molar-refractivity contribution in [1.29, 1.82) is 0 Å². The van der Waals surface area contributed by atoms with Gasteiger partial charge in [-0.2, -0.15) is 0 Å². The van der Waals surface area contributed by atoms with E-state index in [-0.39, 0.29) is 17.8 Å². The number of carbonyl (C=O) groups is 2. The summed E-state index contributed by atoms with van der Waals surface area (Å²) in [5.74, 6) is -4.93. The van der Waals surface area contributed by atoms with Crippen molar-refractivity contribution in [2.24, 2.45) is 11.8 Å². The number of hydrogen-bond donors (Lipinski definition) is 2. The highest BCUT2D eigenvalue weighted by atomic mass is 19.1. The number of rotatable bonds is 3. The van der Waals surface area contributed by atoms with Crippen molar-refractivity contribution in [1.82, 2.24) is 14.8 Å². The molecular formula is C21H18F3N3O4. The van der Waals surface area contributed by atoms with E-state index in [1.165, 1.54) is 10.8 Å². The summed E-state index contributed by atoms with van der Waals surface area (Å²) in [6.07, 6.45) is 3.01. The second-order valence-corrected chi connectivity index (χ2v) is 8.38. The molecule has 162 valence electrons. The van der Waals surface area contributed by atoms with Gasteiger partial charge < -0.3 is 19.9 Å². The molecule has 2 aromatic rings. The van der Waals surface area contributed by atoms with Crippen LogP contribution in [0.15, 0.2) is 23.1 Å². The topological polar surface area (TPSA) is 91.6 Å². The standard InChI is InChI=1S/C21H18F3N3O4/c1-26-16-10-2-8(10)3-15(16)27-7-12(18(28)19(29)17(27)21(26)31)20(30)25-6-11-13(23)4-9(22)5-14(11)24/h4-5,7-8,10,15-16,29H,2-3,6H2,1H3,(H,25,30)/t8-,10?,15-,16+/m0/s1. The Morgan fingerprint density at radius 2 is 1.87 bits per heavy atom. The second-order valence-electron chi connectivity index (χ2n) is 8.38. The molecule has 0 radical (unpaired) electrons. The lowest BCUT2D eigenvalue weighted by molar-refractivity contribution is 0.0581. The Morgan fingerprint density at radius 3 is 2.55 bits per heavy atom. The summed E-state index contributed by atoms with van der Waals surface area (Å²) >= 11 is 0. The number of nitrogens with one attached hydrogen (secondary N) is 1. The Labute approximate surface area is 174 Å². The summed E-state index contributed by atoms with van der Waals surface area (Å²) < 4.78 is 42.2. The van der Waals surface area contributed by atoms with Crippen molar-refractivity contribution in [2.75, 3.05) is 7.05 Å². The van der Waals surface area contributed by atoms with E-state index in [1.807, 2.05) is 0 Å². The van der Waals surface area contributed by atoms with Gasteiger partial charge in [-0.25, -0.2) is 13.2 Å². The number of pyridine rings is 1. The highest BCUT2D eigenvalue weighted by Crippen LogP contribution is 2.59. The number of carbonyl (C=O) groups excluding carboxylic acids is 2. The monoisotopic (exact) mass is 433 g/mol. The minimum absolute atomic E-state index is 0.0785. The summed E-state index contributed by atoms with van der Waals surface area (Å²) in [7, 11) is 1.64. The molecule has 2 saturated carbocycles. The predicted octanol–water partition coefficient (Wildman–Crippen LogP) is 1.94. The zero-order chi connectivity index (χ0) is 22.2. The van der Waals surface area contributed by atoms with Crippen LogP contribution < -0.4 is 10.7 Å². The molecule has 7 nitrogen and oxygen atoms in total. The molecule has 2 fully saturated rings. The number of amides is 2. The van der Waals surface area contributed by atoms with Crippen LogP contribution in [0.5, 0.6) is 5.75 Å². The fraction of sp³-hybridized carbons (Fsp3) is 0.381. The zero-order valence-electron chi connectivity index (χ0n) is 16.4. The normalized spacial score (nSPS) is 25.7. The van der Waals surface area contributed by atoms with Gasteiger partial charge in [-0.15, -0.1) is 0 Å². The lowest BCUT2D eigenvalue weighted by atomic mass is 9.99. The van der Waals surface area contributed by atoms with Crippen LogP contribution in [-0.4, -0.2) is 39.5 Å². The lowest BCUT2D eigenvalue weighted by Crippen LogP contribution is -2.49. The van der Waals surface area contributed by atoms with E-state index in [2.05, 4.69) is 5.32 Å². The fourth-order valence-electron chi connectivity index (χ4n) is 5.08. The first-order valence-corrected chi connectivity index (χ1v) is 9.86. The van der Waals surface area contributed by atoms with Gasteiger partial charge in [0.15, 0.2) is 11.4 Å². The summed E-state index contributed by atoms with van der Waals surface area (Å²) in [4.78, 5) is 39.6. The first kappa shape index (κ1) is 19.7. The maximum atomic E-state index is 13.8. The quantitative estimate of drug-likeness (QED) is 0.774. The van der Waals surface area contributed by atoms with E-state index in [4.69, 9.17) is 0 Å². The molecule has 0 bridgehead atoms. The Bertz CT molecular complexity index is 1190. The molecule has 0 saturated heterocycles. The Kier molecular flexibility index (Phi) is 4.18. The third-order valence-electron chi connectivity index (χ3n) is 6.67. The van der Waals surface area contributed by atoms with E-state index in [0.29, 0.717) is 24.0 Å². The molecule has 2 aliphatic carbocycles. The largest absolute Gasteiger partial charge is 0.503 e. The molecule has 2 heterocycles. The number of benzene rings is 1. The molecule has 1 aliphatic heterocycles. The maximum absolute atomic E-state index is 13.8. The second kappa shape index (κ2) is 6.60. The first-order valence-electron chi connectivity index (χ1n) is 9.86. The van der Waals surface area contributed by atoms with E-state index >= 15 is 0 Å². The van der Waals surface area contributed by atoms with Crippen molar-refractivity contribution >= 4 is 11.8 Å². The van der Waals surface area contributed by atoms with Crippen LogP contribution in [0.2, 0.25) is 0 Å². The molecule has 5 rings (SSSR count). The van der Waals surface area contributed by atoms with Gasteiger partial charge in [0.05, 0.1) is 12.1 Å². The molecule has 3 aliphatic rings. The van der Waals surface area contributed by atoms with E-state index < -0.39 is 58.1 Å². The summed E-state index contributed by atoms with van der Waals surface area (Å²) in [5, 5.41) is 12.7. The van der Waals surface area contributed by atoms with Crippen molar-refractivity contribution < 1.29 is 27.9 Å². The Morgan fingerprint density at radius 1 is 1.19 bits per heavy atom. The van der Waals surface area contributed by atoms with Gasteiger partial charge >= 0.3 is 0 Å². The van der Waals surface area contributed by atoms with Crippen LogP contribution in [0.4, 0.5) is 13.2 Å². The first-order chi connectivity index (χ1) is 14.7. The number of halogens is 3. The molecule has 1 unspecified atom stereocenters. The third kappa shape index (κ3) is 2.84. The number of nitrogens with zero attached hydrogens (tertiary/aromatic N) is 2. The van der Waals surface area contributed by atoms with E-state index in [9.17, 15) is 32.7 Å². The van der Waals surface area contributed by atoms with E-state index in [0.717, 1.165) is 12.8 Å². The van der Waals surface area contributed by atoms with Crippen molar-refractivity contribution in [2.45, 2.75) is 31.5 Å². The number of aromatic nitrogens is 1.